The Labute approximate surface area is 148 Å². The number of nitrogens with zero attached hydrogens (tertiary/aromatic N) is 3. The van der Waals surface area contributed by atoms with Gasteiger partial charge in [-0.2, -0.15) is 0 Å². The number of hydrogen-bond acceptors (Lipinski definition) is 4. The van der Waals surface area contributed by atoms with Crippen molar-refractivity contribution in [2.24, 2.45) is 0 Å². The van der Waals surface area contributed by atoms with Crippen molar-refractivity contribution >= 4 is 6.03 Å². The molecule has 1 aliphatic rings. The van der Waals surface area contributed by atoms with Gasteiger partial charge in [-0.1, -0.05) is 35.5 Å². The van der Waals surface area contributed by atoms with Gasteiger partial charge in [0, 0.05) is 38.3 Å². The van der Waals surface area contributed by atoms with Crippen LogP contribution in [0.15, 0.2) is 40.9 Å². The monoisotopic (exact) mass is 342 g/mol. The van der Waals surface area contributed by atoms with E-state index in [1.54, 1.807) is 0 Å². The predicted molar refractivity (Wildman–Crippen MR) is 96.0 cm³/mol. The van der Waals surface area contributed by atoms with E-state index in [2.05, 4.69) is 39.6 Å². The molecular weight excluding hydrogens is 316 g/mol. The standard InChI is InChI=1S/C19H26N4O2/c1-3-23(19(24)20-12-18-11-15(2)21-25-18)17-9-10-22(14-17)13-16-7-5-4-6-8-16/h4-8,11,17H,3,9-10,12-14H2,1-2H3,(H,20,24)/t17-/m0/s1. The van der Waals surface area contributed by atoms with E-state index in [-0.39, 0.29) is 12.1 Å². The minimum Gasteiger partial charge on any atom is -0.359 e. The number of benzene rings is 1. The quantitative estimate of drug-likeness (QED) is 0.877. The smallest absolute Gasteiger partial charge is 0.318 e. The zero-order valence-corrected chi connectivity index (χ0v) is 14.9. The van der Waals surface area contributed by atoms with E-state index in [0.717, 1.165) is 31.7 Å². The van der Waals surface area contributed by atoms with Crippen LogP contribution in [0.3, 0.4) is 0 Å². The Morgan fingerprint density at radius 1 is 1.40 bits per heavy atom. The van der Waals surface area contributed by atoms with Gasteiger partial charge in [0.05, 0.1) is 12.2 Å². The van der Waals surface area contributed by atoms with Crippen molar-refractivity contribution in [2.45, 2.75) is 39.4 Å². The van der Waals surface area contributed by atoms with Gasteiger partial charge in [-0.15, -0.1) is 0 Å². The number of carbonyl (C=O) groups excluding carboxylic acids is 1. The Morgan fingerprint density at radius 3 is 2.88 bits per heavy atom. The molecule has 0 saturated carbocycles. The molecule has 134 valence electrons. The lowest BCUT2D eigenvalue weighted by Crippen LogP contribution is -2.46. The molecular formula is C19H26N4O2. The van der Waals surface area contributed by atoms with E-state index >= 15 is 0 Å². The molecule has 2 heterocycles. The molecule has 1 N–H and O–H groups in total. The average Bonchev–Trinajstić information content (AvgIpc) is 3.24. The predicted octanol–water partition coefficient (Wildman–Crippen LogP) is 2.79. The zero-order chi connectivity index (χ0) is 17.6. The van der Waals surface area contributed by atoms with Gasteiger partial charge < -0.3 is 14.7 Å². The first-order valence-electron chi connectivity index (χ1n) is 8.88. The molecule has 2 aromatic rings. The number of nitrogens with one attached hydrogen (secondary N) is 1. The number of urea groups is 1. The summed E-state index contributed by atoms with van der Waals surface area (Å²) in [6.45, 7) is 7.84. The Morgan fingerprint density at radius 2 is 2.20 bits per heavy atom. The fraction of sp³-hybridized carbons (Fsp3) is 0.474. The van der Waals surface area contributed by atoms with Crippen LogP contribution in [0.2, 0.25) is 0 Å². The molecule has 0 spiro atoms. The molecule has 1 atom stereocenters. The number of hydrogen-bond donors (Lipinski definition) is 1. The minimum absolute atomic E-state index is 0.0388. The van der Waals surface area contributed by atoms with Gasteiger partial charge in [-0.3, -0.25) is 4.90 Å². The molecule has 1 aromatic heterocycles. The highest BCUT2D eigenvalue weighted by atomic mass is 16.5. The third-order valence-corrected chi connectivity index (χ3v) is 4.63. The maximum absolute atomic E-state index is 12.5. The minimum atomic E-state index is -0.0388. The molecule has 25 heavy (non-hydrogen) atoms. The lowest BCUT2D eigenvalue weighted by molar-refractivity contribution is 0.175. The van der Waals surface area contributed by atoms with E-state index in [0.29, 0.717) is 18.8 Å². The third kappa shape index (κ3) is 4.60. The maximum Gasteiger partial charge on any atom is 0.318 e. The van der Waals surface area contributed by atoms with E-state index < -0.39 is 0 Å². The summed E-state index contributed by atoms with van der Waals surface area (Å²) in [4.78, 5) is 16.9. The second-order valence-corrected chi connectivity index (χ2v) is 6.54. The lowest BCUT2D eigenvalue weighted by Gasteiger charge is -2.28. The maximum atomic E-state index is 12.5. The van der Waals surface area contributed by atoms with Gasteiger partial charge in [0.2, 0.25) is 0 Å². The number of likely N-dealkylation sites (N-methyl/N-ethyl adjacent to an activating group) is 1. The van der Waals surface area contributed by atoms with Crippen molar-refractivity contribution in [3.63, 3.8) is 0 Å². The summed E-state index contributed by atoms with van der Waals surface area (Å²) in [5.74, 6) is 0.680. The molecule has 0 radical (unpaired) electrons. The topological polar surface area (TPSA) is 61.6 Å². The molecule has 1 fully saturated rings. The fourth-order valence-corrected chi connectivity index (χ4v) is 3.38. The second-order valence-electron chi connectivity index (χ2n) is 6.54. The first-order chi connectivity index (χ1) is 12.2. The van der Waals surface area contributed by atoms with E-state index in [1.165, 1.54) is 5.56 Å². The van der Waals surface area contributed by atoms with Crippen LogP contribution in [0.5, 0.6) is 0 Å². The Hall–Kier alpha value is -2.34. The van der Waals surface area contributed by atoms with Gasteiger partial charge in [-0.25, -0.2) is 4.79 Å². The van der Waals surface area contributed by atoms with Crippen LogP contribution in [-0.2, 0) is 13.1 Å². The van der Waals surface area contributed by atoms with Crippen molar-refractivity contribution in [1.82, 2.24) is 20.3 Å². The zero-order valence-electron chi connectivity index (χ0n) is 14.9. The third-order valence-electron chi connectivity index (χ3n) is 4.63. The van der Waals surface area contributed by atoms with Gasteiger partial charge in [0.15, 0.2) is 5.76 Å². The average molecular weight is 342 g/mol. The Kier molecular flexibility index (Phi) is 5.71. The van der Waals surface area contributed by atoms with Crippen LogP contribution in [0.25, 0.3) is 0 Å². The van der Waals surface area contributed by atoms with E-state index in [1.807, 2.05) is 30.9 Å². The number of carbonyl (C=O) groups is 1. The molecule has 1 saturated heterocycles. The van der Waals surface area contributed by atoms with E-state index in [9.17, 15) is 4.79 Å². The molecule has 1 aromatic carbocycles. The van der Waals surface area contributed by atoms with Crippen molar-refractivity contribution in [2.75, 3.05) is 19.6 Å². The summed E-state index contributed by atoms with van der Waals surface area (Å²) in [7, 11) is 0. The Balaban J connectivity index is 1.51. The van der Waals surface area contributed by atoms with Crippen LogP contribution in [-0.4, -0.2) is 46.7 Å². The largest absolute Gasteiger partial charge is 0.359 e. The molecule has 0 bridgehead atoms. The summed E-state index contributed by atoms with van der Waals surface area (Å²) in [6, 6.07) is 12.5. The summed E-state index contributed by atoms with van der Waals surface area (Å²) in [5.41, 5.74) is 2.14. The normalized spacial score (nSPS) is 17.6. The summed E-state index contributed by atoms with van der Waals surface area (Å²) >= 11 is 0. The number of rotatable bonds is 6. The number of aromatic nitrogens is 1. The highest BCUT2D eigenvalue weighted by Crippen LogP contribution is 2.18. The molecule has 6 heteroatoms. The van der Waals surface area contributed by atoms with Crippen molar-refractivity contribution in [3.05, 3.63) is 53.4 Å². The first-order valence-corrected chi connectivity index (χ1v) is 8.88. The molecule has 3 rings (SSSR count). The van der Waals surface area contributed by atoms with E-state index in [4.69, 9.17) is 4.52 Å². The lowest BCUT2D eigenvalue weighted by atomic mass is 10.2. The van der Waals surface area contributed by atoms with Gasteiger partial charge in [-0.05, 0) is 25.8 Å². The van der Waals surface area contributed by atoms with Crippen LogP contribution < -0.4 is 5.32 Å². The summed E-state index contributed by atoms with van der Waals surface area (Å²) < 4.78 is 5.15. The fourth-order valence-electron chi connectivity index (χ4n) is 3.38. The Bertz CT molecular complexity index is 686. The SMILES string of the molecule is CCN(C(=O)NCc1cc(C)no1)[C@H]1CCN(Cc2ccccc2)C1. The number of amides is 2. The molecule has 2 amide bonds. The van der Waals surface area contributed by atoms with Crippen molar-refractivity contribution in [1.29, 1.82) is 0 Å². The molecule has 6 nitrogen and oxygen atoms in total. The van der Waals surface area contributed by atoms with Crippen LogP contribution in [0, 0.1) is 6.92 Å². The van der Waals surface area contributed by atoms with Crippen molar-refractivity contribution in [3.8, 4) is 0 Å². The van der Waals surface area contributed by atoms with Crippen LogP contribution >= 0.6 is 0 Å². The van der Waals surface area contributed by atoms with Gasteiger partial charge in [0.1, 0.15) is 0 Å². The van der Waals surface area contributed by atoms with Gasteiger partial charge >= 0.3 is 6.03 Å². The number of likely N-dealkylation sites (tertiary alicyclic amines) is 1. The summed E-state index contributed by atoms with van der Waals surface area (Å²) in [5, 5.41) is 6.78. The molecule has 0 aliphatic carbocycles. The van der Waals surface area contributed by atoms with Crippen molar-refractivity contribution < 1.29 is 9.32 Å². The second kappa shape index (κ2) is 8.16. The highest BCUT2D eigenvalue weighted by molar-refractivity contribution is 5.74. The van der Waals surface area contributed by atoms with Gasteiger partial charge in [0.25, 0.3) is 0 Å². The highest BCUT2D eigenvalue weighted by Gasteiger charge is 2.29. The first kappa shape index (κ1) is 17.5. The number of aryl methyl sites for hydroxylation is 1. The molecule has 0 unspecified atom stereocenters. The molecule has 1 aliphatic heterocycles. The van der Waals surface area contributed by atoms with Crippen LogP contribution in [0.1, 0.15) is 30.4 Å². The van der Waals surface area contributed by atoms with Crippen LogP contribution in [0.4, 0.5) is 4.79 Å². The summed E-state index contributed by atoms with van der Waals surface area (Å²) in [6.07, 6.45) is 1.01.